The molecule has 0 unspecified atom stereocenters. The fraction of sp³-hybridized carbons (Fsp3) is 0.786. The van der Waals surface area contributed by atoms with Gasteiger partial charge >= 0.3 is 0 Å². The summed E-state index contributed by atoms with van der Waals surface area (Å²) in [4.78, 5) is 0. The van der Waals surface area contributed by atoms with Crippen molar-refractivity contribution < 1.29 is 0 Å². The first kappa shape index (κ1) is 13.7. The van der Waals surface area contributed by atoms with Crippen LogP contribution in [0, 0.1) is 17.8 Å². The zero-order valence-electron chi connectivity index (χ0n) is 12.0. The van der Waals surface area contributed by atoms with Crippen molar-refractivity contribution in [2.45, 2.75) is 59.9 Å². The van der Waals surface area contributed by atoms with Gasteiger partial charge in [-0.25, -0.2) is 4.68 Å². The summed E-state index contributed by atoms with van der Waals surface area (Å²) >= 11 is 6.15. The lowest BCUT2D eigenvalue weighted by Gasteiger charge is -2.45. The molecule has 0 amide bonds. The van der Waals surface area contributed by atoms with Gasteiger partial charge in [-0.05, 0) is 37.0 Å². The lowest BCUT2D eigenvalue weighted by atomic mass is 9.63. The Balaban J connectivity index is 2.35. The van der Waals surface area contributed by atoms with E-state index in [2.05, 4.69) is 32.8 Å². The van der Waals surface area contributed by atoms with Crippen molar-refractivity contribution in [3.05, 3.63) is 10.7 Å². The summed E-state index contributed by atoms with van der Waals surface area (Å²) in [6, 6.07) is 0.356. The highest BCUT2D eigenvalue weighted by Crippen LogP contribution is 2.50. The SMILES string of the molecule is Cc1nn(C2CC(C)(C)CC(C)(C)C2)c(N)c1Cl. The third kappa shape index (κ3) is 2.51. The minimum absolute atomic E-state index is 0.325. The third-order valence-corrected chi connectivity index (χ3v) is 4.39. The number of aromatic nitrogens is 2. The van der Waals surface area contributed by atoms with Crippen LogP contribution in [0.1, 0.15) is 58.7 Å². The number of aryl methyl sites for hydroxylation is 1. The molecule has 1 heterocycles. The minimum Gasteiger partial charge on any atom is -0.383 e. The second-order valence-corrected chi connectivity index (χ2v) is 7.67. The number of nitrogen functional groups attached to an aromatic ring is 1. The molecule has 1 aliphatic carbocycles. The number of nitrogens with zero attached hydrogens (tertiary/aromatic N) is 2. The fourth-order valence-corrected chi connectivity index (χ4v) is 3.91. The predicted molar refractivity (Wildman–Crippen MR) is 76.8 cm³/mol. The van der Waals surface area contributed by atoms with E-state index >= 15 is 0 Å². The summed E-state index contributed by atoms with van der Waals surface area (Å²) in [5, 5.41) is 5.13. The molecule has 18 heavy (non-hydrogen) atoms. The lowest BCUT2D eigenvalue weighted by molar-refractivity contribution is 0.0681. The van der Waals surface area contributed by atoms with Crippen LogP contribution in [0.4, 0.5) is 5.82 Å². The highest BCUT2D eigenvalue weighted by molar-refractivity contribution is 6.33. The van der Waals surface area contributed by atoms with Crippen molar-refractivity contribution in [1.29, 1.82) is 0 Å². The highest BCUT2D eigenvalue weighted by atomic mass is 35.5. The Kier molecular flexibility index (Phi) is 3.17. The smallest absolute Gasteiger partial charge is 0.141 e. The van der Waals surface area contributed by atoms with Crippen LogP contribution in [-0.2, 0) is 0 Å². The number of hydrogen-bond donors (Lipinski definition) is 1. The van der Waals surface area contributed by atoms with E-state index in [1.54, 1.807) is 0 Å². The molecule has 1 saturated carbocycles. The zero-order chi connectivity index (χ0) is 13.7. The molecule has 0 radical (unpaired) electrons. The van der Waals surface area contributed by atoms with E-state index in [0.717, 1.165) is 18.5 Å². The highest BCUT2D eigenvalue weighted by Gasteiger charge is 2.40. The van der Waals surface area contributed by atoms with Crippen molar-refractivity contribution in [1.82, 2.24) is 9.78 Å². The molecule has 2 rings (SSSR count). The maximum absolute atomic E-state index is 6.15. The fourth-order valence-electron chi connectivity index (χ4n) is 3.78. The molecule has 1 aromatic heterocycles. The van der Waals surface area contributed by atoms with Crippen molar-refractivity contribution in [2.75, 3.05) is 5.73 Å². The van der Waals surface area contributed by atoms with Gasteiger partial charge < -0.3 is 5.73 Å². The minimum atomic E-state index is 0.325. The molecule has 0 aromatic carbocycles. The first-order valence-corrected chi connectivity index (χ1v) is 6.99. The largest absolute Gasteiger partial charge is 0.383 e. The normalized spacial score (nSPS) is 23.2. The Hall–Kier alpha value is -0.700. The maximum Gasteiger partial charge on any atom is 0.141 e. The van der Waals surface area contributed by atoms with Crippen molar-refractivity contribution >= 4 is 17.4 Å². The Bertz CT molecular complexity index is 444. The summed E-state index contributed by atoms with van der Waals surface area (Å²) in [5.74, 6) is 0.618. The monoisotopic (exact) mass is 269 g/mol. The summed E-state index contributed by atoms with van der Waals surface area (Å²) in [7, 11) is 0. The van der Waals surface area contributed by atoms with Crippen LogP contribution in [0.3, 0.4) is 0 Å². The number of nitrogens with two attached hydrogens (primary N) is 1. The standard InChI is InChI=1S/C14H24ClN3/c1-9-11(15)12(16)18(17-9)10-6-13(2,3)8-14(4,5)7-10/h10H,6-8,16H2,1-5H3. The van der Waals surface area contributed by atoms with Gasteiger partial charge in [-0.2, -0.15) is 5.10 Å². The average molecular weight is 270 g/mol. The molecule has 2 N–H and O–H groups in total. The summed E-state index contributed by atoms with van der Waals surface area (Å²) in [6.07, 6.45) is 3.46. The van der Waals surface area contributed by atoms with Crippen molar-refractivity contribution in [2.24, 2.45) is 10.8 Å². The molecular weight excluding hydrogens is 246 g/mol. The van der Waals surface area contributed by atoms with E-state index in [0.29, 0.717) is 27.7 Å². The summed E-state index contributed by atoms with van der Waals surface area (Å²) < 4.78 is 1.94. The lowest BCUT2D eigenvalue weighted by Crippen LogP contribution is -2.35. The van der Waals surface area contributed by atoms with Crippen LogP contribution in [0.2, 0.25) is 5.02 Å². The predicted octanol–water partition coefficient (Wildman–Crippen LogP) is 4.20. The van der Waals surface area contributed by atoms with Gasteiger partial charge in [-0.1, -0.05) is 39.3 Å². The molecule has 4 heteroatoms. The second-order valence-electron chi connectivity index (χ2n) is 7.30. The first-order chi connectivity index (χ1) is 8.11. The Morgan fingerprint density at radius 3 is 2.11 bits per heavy atom. The molecule has 0 atom stereocenters. The van der Waals surface area contributed by atoms with Crippen LogP contribution in [0.5, 0.6) is 0 Å². The van der Waals surface area contributed by atoms with Gasteiger partial charge in [0.1, 0.15) is 10.8 Å². The average Bonchev–Trinajstić information content (AvgIpc) is 2.41. The Morgan fingerprint density at radius 2 is 1.72 bits per heavy atom. The number of halogens is 1. The van der Waals surface area contributed by atoms with Crippen LogP contribution in [-0.4, -0.2) is 9.78 Å². The zero-order valence-corrected chi connectivity index (χ0v) is 12.8. The molecule has 102 valence electrons. The van der Waals surface area contributed by atoms with E-state index in [4.69, 9.17) is 17.3 Å². The van der Waals surface area contributed by atoms with E-state index in [1.165, 1.54) is 6.42 Å². The molecule has 0 bridgehead atoms. The topological polar surface area (TPSA) is 43.8 Å². The van der Waals surface area contributed by atoms with Gasteiger partial charge in [0.25, 0.3) is 0 Å². The molecule has 0 saturated heterocycles. The van der Waals surface area contributed by atoms with Crippen molar-refractivity contribution in [3.63, 3.8) is 0 Å². The van der Waals surface area contributed by atoms with Crippen molar-refractivity contribution in [3.8, 4) is 0 Å². The van der Waals surface area contributed by atoms with Gasteiger partial charge in [0.15, 0.2) is 0 Å². The van der Waals surface area contributed by atoms with E-state index < -0.39 is 0 Å². The van der Waals surface area contributed by atoms with Crippen LogP contribution >= 0.6 is 11.6 Å². The van der Waals surface area contributed by atoms with E-state index in [1.807, 2.05) is 11.6 Å². The van der Waals surface area contributed by atoms with E-state index in [-0.39, 0.29) is 0 Å². The Morgan fingerprint density at radius 1 is 1.22 bits per heavy atom. The van der Waals surface area contributed by atoms with Gasteiger partial charge in [-0.15, -0.1) is 0 Å². The van der Waals surface area contributed by atoms with Gasteiger partial charge in [-0.3, -0.25) is 0 Å². The van der Waals surface area contributed by atoms with Gasteiger partial charge in [0, 0.05) is 0 Å². The molecule has 3 nitrogen and oxygen atoms in total. The number of anilines is 1. The van der Waals surface area contributed by atoms with Gasteiger partial charge in [0.05, 0.1) is 11.7 Å². The van der Waals surface area contributed by atoms with Gasteiger partial charge in [0.2, 0.25) is 0 Å². The van der Waals surface area contributed by atoms with E-state index in [9.17, 15) is 0 Å². The van der Waals surface area contributed by atoms with Crippen LogP contribution in [0.15, 0.2) is 0 Å². The Labute approximate surface area is 115 Å². The second kappa shape index (κ2) is 4.16. The quantitative estimate of drug-likeness (QED) is 0.830. The summed E-state index contributed by atoms with van der Waals surface area (Å²) in [5.41, 5.74) is 7.56. The van der Waals surface area contributed by atoms with Crippen LogP contribution < -0.4 is 5.73 Å². The molecular formula is C14H24ClN3. The molecule has 0 spiro atoms. The number of rotatable bonds is 1. The molecule has 1 aliphatic rings. The molecule has 1 aromatic rings. The third-order valence-electron chi connectivity index (χ3n) is 3.93. The number of hydrogen-bond acceptors (Lipinski definition) is 2. The first-order valence-electron chi connectivity index (χ1n) is 6.61. The molecule has 1 fully saturated rings. The summed E-state index contributed by atoms with van der Waals surface area (Å²) in [6.45, 7) is 11.2. The molecule has 0 aliphatic heterocycles. The maximum atomic E-state index is 6.15. The van der Waals surface area contributed by atoms with Crippen LogP contribution in [0.25, 0.3) is 0 Å².